The predicted octanol–water partition coefficient (Wildman–Crippen LogP) is 5.95. The second-order valence-electron chi connectivity index (χ2n) is 6.68. The number of para-hydroxylation sites is 1. The van der Waals surface area contributed by atoms with Crippen LogP contribution in [-0.2, 0) is 6.42 Å². The molecule has 1 N–H and O–H groups in total. The highest BCUT2D eigenvalue weighted by Gasteiger charge is 2.16. The maximum atomic E-state index is 4.89. The van der Waals surface area contributed by atoms with Gasteiger partial charge in [-0.2, -0.15) is 0 Å². The Morgan fingerprint density at radius 3 is 2.56 bits per heavy atom. The van der Waals surface area contributed by atoms with Gasteiger partial charge in [0.2, 0.25) is 0 Å². The maximum absolute atomic E-state index is 4.89. The molecular weight excluding hydrogens is 324 g/mol. The third kappa shape index (κ3) is 2.73. The van der Waals surface area contributed by atoms with Gasteiger partial charge >= 0.3 is 0 Å². The lowest BCUT2D eigenvalue weighted by molar-refractivity contribution is 1.05. The molecule has 126 valence electrons. The Labute approximate surface area is 152 Å². The summed E-state index contributed by atoms with van der Waals surface area (Å²) in [5.41, 5.74) is 8.68. The van der Waals surface area contributed by atoms with E-state index in [9.17, 15) is 0 Å². The minimum Gasteiger partial charge on any atom is -0.358 e. The average molecular weight is 346 g/mol. The van der Waals surface area contributed by atoms with Gasteiger partial charge in [-0.15, -0.1) is 11.8 Å². The van der Waals surface area contributed by atoms with Crippen LogP contribution in [0, 0.1) is 20.8 Å². The second-order valence-corrected chi connectivity index (χ2v) is 7.50. The van der Waals surface area contributed by atoms with Gasteiger partial charge in [0, 0.05) is 39.0 Å². The fraction of sp³-hybridized carbons (Fsp3) is 0.227. The number of aryl methyl sites for hydroxylation is 3. The minimum atomic E-state index is 0.911. The molecular formula is C22H22N2S. The monoisotopic (exact) mass is 346 g/mol. The molecule has 4 rings (SSSR count). The number of hydrogen-bond donors (Lipinski definition) is 1. The van der Waals surface area contributed by atoms with Crippen LogP contribution in [0.3, 0.4) is 0 Å². The SMILES string of the molecule is CSc1c(Cc2c(C)[nH]c3ccccc23)c(C)nc2ccc(C)cc12. The predicted molar refractivity (Wildman–Crippen MR) is 109 cm³/mol. The lowest BCUT2D eigenvalue weighted by atomic mass is 9.99. The van der Waals surface area contributed by atoms with E-state index in [1.165, 1.54) is 43.6 Å². The smallest absolute Gasteiger partial charge is 0.0716 e. The molecule has 2 heterocycles. The van der Waals surface area contributed by atoms with Crippen molar-refractivity contribution in [2.75, 3.05) is 6.26 Å². The Morgan fingerprint density at radius 1 is 0.960 bits per heavy atom. The van der Waals surface area contributed by atoms with Gasteiger partial charge in [-0.3, -0.25) is 4.98 Å². The lowest BCUT2D eigenvalue weighted by Crippen LogP contribution is -2.00. The Morgan fingerprint density at radius 2 is 1.76 bits per heavy atom. The molecule has 0 amide bonds. The zero-order chi connectivity index (χ0) is 17.6. The summed E-state index contributed by atoms with van der Waals surface area (Å²) in [4.78, 5) is 9.77. The second kappa shape index (κ2) is 6.23. The summed E-state index contributed by atoms with van der Waals surface area (Å²) in [5, 5.41) is 2.58. The summed E-state index contributed by atoms with van der Waals surface area (Å²) in [6, 6.07) is 15.1. The summed E-state index contributed by atoms with van der Waals surface area (Å²) in [5.74, 6) is 0. The topological polar surface area (TPSA) is 28.7 Å². The number of pyridine rings is 1. The zero-order valence-corrected chi connectivity index (χ0v) is 15.9. The first-order valence-electron chi connectivity index (χ1n) is 8.58. The van der Waals surface area contributed by atoms with Gasteiger partial charge in [-0.1, -0.05) is 29.8 Å². The normalized spacial score (nSPS) is 11.5. The molecule has 0 saturated heterocycles. The summed E-state index contributed by atoms with van der Waals surface area (Å²) in [6.07, 6.45) is 3.08. The van der Waals surface area contributed by atoms with Gasteiger partial charge in [0.05, 0.1) is 5.52 Å². The van der Waals surface area contributed by atoms with Crippen molar-refractivity contribution in [1.29, 1.82) is 0 Å². The Balaban J connectivity index is 1.94. The molecule has 0 atom stereocenters. The van der Waals surface area contributed by atoms with Crippen LogP contribution in [0.15, 0.2) is 47.4 Å². The molecule has 25 heavy (non-hydrogen) atoms. The molecule has 3 heteroatoms. The van der Waals surface area contributed by atoms with Gasteiger partial charge < -0.3 is 4.98 Å². The molecule has 0 bridgehead atoms. The van der Waals surface area contributed by atoms with Crippen LogP contribution >= 0.6 is 11.8 Å². The number of aromatic amines is 1. The highest BCUT2D eigenvalue weighted by atomic mass is 32.2. The maximum Gasteiger partial charge on any atom is 0.0716 e. The molecule has 0 saturated carbocycles. The largest absolute Gasteiger partial charge is 0.358 e. The van der Waals surface area contributed by atoms with E-state index in [-0.39, 0.29) is 0 Å². The third-order valence-electron chi connectivity index (χ3n) is 4.98. The third-order valence-corrected chi connectivity index (χ3v) is 5.85. The van der Waals surface area contributed by atoms with Crippen molar-refractivity contribution < 1.29 is 0 Å². The molecule has 0 spiro atoms. The van der Waals surface area contributed by atoms with Crippen molar-refractivity contribution >= 4 is 33.6 Å². The van der Waals surface area contributed by atoms with E-state index in [1.54, 1.807) is 0 Å². The van der Waals surface area contributed by atoms with Crippen LogP contribution in [0.2, 0.25) is 0 Å². The van der Waals surface area contributed by atoms with Crippen molar-refractivity contribution in [2.24, 2.45) is 0 Å². The average Bonchev–Trinajstić information content (AvgIpc) is 2.91. The number of thioether (sulfide) groups is 1. The van der Waals surface area contributed by atoms with Crippen LogP contribution in [0.25, 0.3) is 21.8 Å². The molecule has 0 aliphatic heterocycles. The number of H-pyrrole nitrogens is 1. The first-order chi connectivity index (χ1) is 12.1. The number of hydrogen-bond acceptors (Lipinski definition) is 2. The number of benzene rings is 2. The van der Waals surface area contributed by atoms with Crippen LogP contribution in [-0.4, -0.2) is 16.2 Å². The van der Waals surface area contributed by atoms with Crippen molar-refractivity contribution in [1.82, 2.24) is 9.97 Å². The molecule has 2 aromatic carbocycles. The van der Waals surface area contributed by atoms with E-state index < -0.39 is 0 Å². The highest BCUT2D eigenvalue weighted by molar-refractivity contribution is 7.98. The zero-order valence-electron chi connectivity index (χ0n) is 15.1. The van der Waals surface area contributed by atoms with E-state index in [0.717, 1.165) is 17.6 Å². The van der Waals surface area contributed by atoms with Crippen LogP contribution < -0.4 is 0 Å². The Kier molecular flexibility index (Phi) is 4.04. The van der Waals surface area contributed by atoms with E-state index in [1.807, 2.05) is 11.8 Å². The molecule has 0 aliphatic rings. The molecule has 2 aromatic heterocycles. The minimum absolute atomic E-state index is 0.911. The summed E-state index contributed by atoms with van der Waals surface area (Å²) >= 11 is 1.83. The van der Waals surface area contributed by atoms with Crippen LogP contribution in [0.1, 0.15) is 28.1 Å². The first kappa shape index (κ1) is 16.2. The number of rotatable bonds is 3. The van der Waals surface area contributed by atoms with Gasteiger partial charge in [-0.05, 0) is 56.4 Å². The fourth-order valence-electron chi connectivity index (χ4n) is 3.68. The van der Waals surface area contributed by atoms with Gasteiger partial charge in [-0.25, -0.2) is 0 Å². The van der Waals surface area contributed by atoms with Crippen molar-refractivity contribution in [2.45, 2.75) is 32.1 Å². The summed E-state index contributed by atoms with van der Waals surface area (Å²) < 4.78 is 0. The molecule has 0 radical (unpaired) electrons. The number of aromatic nitrogens is 2. The van der Waals surface area contributed by atoms with Crippen LogP contribution in [0.4, 0.5) is 0 Å². The summed E-state index contributed by atoms with van der Waals surface area (Å²) in [7, 11) is 0. The van der Waals surface area contributed by atoms with E-state index in [0.29, 0.717) is 0 Å². The molecule has 0 aliphatic carbocycles. The quantitative estimate of drug-likeness (QED) is 0.464. The summed E-state index contributed by atoms with van der Waals surface area (Å²) in [6.45, 7) is 6.45. The molecule has 0 unspecified atom stereocenters. The van der Waals surface area contributed by atoms with Gasteiger partial charge in [0.15, 0.2) is 0 Å². The van der Waals surface area contributed by atoms with E-state index >= 15 is 0 Å². The van der Waals surface area contributed by atoms with Crippen molar-refractivity contribution in [3.8, 4) is 0 Å². The van der Waals surface area contributed by atoms with Crippen molar-refractivity contribution in [3.05, 3.63) is 70.5 Å². The van der Waals surface area contributed by atoms with Gasteiger partial charge in [0.1, 0.15) is 0 Å². The highest BCUT2D eigenvalue weighted by Crippen LogP contribution is 2.35. The van der Waals surface area contributed by atoms with E-state index in [2.05, 4.69) is 74.5 Å². The van der Waals surface area contributed by atoms with Crippen LogP contribution in [0.5, 0.6) is 0 Å². The van der Waals surface area contributed by atoms with E-state index in [4.69, 9.17) is 4.98 Å². The number of fused-ring (bicyclic) bond motifs is 2. The lowest BCUT2D eigenvalue weighted by Gasteiger charge is -2.15. The molecule has 0 fully saturated rings. The number of nitrogens with one attached hydrogen (secondary N) is 1. The van der Waals surface area contributed by atoms with Crippen molar-refractivity contribution in [3.63, 3.8) is 0 Å². The molecule has 4 aromatic rings. The number of nitrogens with zero attached hydrogens (tertiary/aromatic N) is 1. The first-order valence-corrected chi connectivity index (χ1v) is 9.81. The molecule has 2 nitrogen and oxygen atoms in total. The fourth-order valence-corrected chi connectivity index (χ4v) is 4.53. The van der Waals surface area contributed by atoms with Gasteiger partial charge in [0.25, 0.3) is 0 Å². The Bertz CT molecular complexity index is 1090. The Hall–Kier alpha value is -2.26. The standard InChI is InChI=1S/C22H22N2S/c1-13-9-10-21-19(11-13)22(25-4)18(15(3)24-21)12-17-14(2)23-20-8-6-5-7-16(17)20/h5-11,23H,12H2,1-4H3.